The minimum absolute atomic E-state index is 0.0488. The number of fused-ring (bicyclic) bond motifs is 1. The first-order chi connectivity index (χ1) is 12.0. The molecular formula is C19H23N3O3. The molecule has 0 aromatic heterocycles. The van der Waals surface area contributed by atoms with Gasteiger partial charge in [0.1, 0.15) is 0 Å². The van der Waals surface area contributed by atoms with Crippen molar-refractivity contribution in [3.8, 4) is 0 Å². The number of nitrogens with zero attached hydrogens (tertiary/aromatic N) is 2. The monoisotopic (exact) mass is 341 g/mol. The largest absolute Gasteiger partial charge is 0.369 e. The van der Waals surface area contributed by atoms with E-state index in [0.717, 1.165) is 24.0 Å². The second-order valence-corrected chi connectivity index (χ2v) is 6.67. The standard InChI is InChI=1S/C19H23N3O3/c1-13(23)22-10-8-14-5-2-3-7-16(14)17(22)11-18(24)21-9-4-6-15(12-21)19(20)25/h2-3,5,7-8,10,15,17H,4,6,9,11-12H2,1H3,(H2,20,25)/t15-,17+/m1/s1. The molecule has 2 heterocycles. The maximum Gasteiger partial charge on any atom is 0.225 e. The minimum Gasteiger partial charge on any atom is -0.369 e. The number of primary amides is 1. The van der Waals surface area contributed by atoms with Gasteiger partial charge in [0, 0.05) is 26.2 Å². The first-order valence-corrected chi connectivity index (χ1v) is 8.60. The molecule has 0 bridgehead atoms. The van der Waals surface area contributed by atoms with Crippen LogP contribution in [0.4, 0.5) is 0 Å². The van der Waals surface area contributed by atoms with Crippen molar-refractivity contribution >= 4 is 23.8 Å². The molecule has 1 aromatic carbocycles. The molecule has 2 atom stereocenters. The van der Waals surface area contributed by atoms with Crippen molar-refractivity contribution in [3.63, 3.8) is 0 Å². The highest BCUT2D eigenvalue weighted by molar-refractivity contribution is 5.83. The van der Waals surface area contributed by atoms with Crippen molar-refractivity contribution in [2.45, 2.75) is 32.2 Å². The van der Waals surface area contributed by atoms with Crippen LogP contribution in [-0.4, -0.2) is 40.6 Å². The molecule has 1 aromatic rings. The Bertz CT molecular complexity index is 728. The molecule has 25 heavy (non-hydrogen) atoms. The van der Waals surface area contributed by atoms with E-state index < -0.39 is 0 Å². The maximum absolute atomic E-state index is 12.8. The molecule has 2 aliphatic rings. The average molecular weight is 341 g/mol. The smallest absolute Gasteiger partial charge is 0.225 e. The molecule has 2 N–H and O–H groups in total. The zero-order valence-electron chi connectivity index (χ0n) is 14.4. The third-order valence-electron chi connectivity index (χ3n) is 5.01. The lowest BCUT2D eigenvalue weighted by Crippen LogP contribution is -2.45. The molecule has 0 radical (unpaired) electrons. The number of nitrogens with two attached hydrogens (primary N) is 1. The lowest BCUT2D eigenvalue weighted by molar-refractivity contribution is -0.137. The van der Waals surface area contributed by atoms with Gasteiger partial charge in [-0.1, -0.05) is 24.3 Å². The van der Waals surface area contributed by atoms with Gasteiger partial charge in [-0.2, -0.15) is 0 Å². The highest BCUT2D eigenvalue weighted by Gasteiger charge is 2.32. The summed E-state index contributed by atoms with van der Waals surface area (Å²) >= 11 is 0. The quantitative estimate of drug-likeness (QED) is 0.908. The van der Waals surface area contributed by atoms with E-state index in [1.54, 1.807) is 16.0 Å². The van der Waals surface area contributed by atoms with E-state index in [4.69, 9.17) is 5.73 Å². The molecule has 3 rings (SSSR count). The fourth-order valence-corrected chi connectivity index (χ4v) is 3.64. The van der Waals surface area contributed by atoms with Gasteiger partial charge in [0.05, 0.1) is 18.4 Å². The van der Waals surface area contributed by atoms with Crippen molar-refractivity contribution in [2.75, 3.05) is 13.1 Å². The van der Waals surface area contributed by atoms with Crippen LogP contribution in [0.5, 0.6) is 0 Å². The first-order valence-electron chi connectivity index (χ1n) is 8.60. The summed E-state index contributed by atoms with van der Waals surface area (Å²) in [4.78, 5) is 39.6. The number of carbonyl (C=O) groups excluding carboxylic acids is 3. The molecule has 6 nitrogen and oxygen atoms in total. The topological polar surface area (TPSA) is 83.7 Å². The third kappa shape index (κ3) is 3.57. The number of amides is 3. The summed E-state index contributed by atoms with van der Waals surface area (Å²) in [6.07, 6.45) is 5.34. The van der Waals surface area contributed by atoms with Crippen LogP contribution in [0.15, 0.2) is 30.5 Å². The van der Waals surface area contributed by atoms with Crippen LogP contribution < -0.4 is 5.73 Å². The van der Waals surface area contributed by atoms with Gasteiger partial charge in [-0.3, -0.25) is 14.4 Å². The number of benzene rings is 1. The van der Waals surface area contributed by atoms with Crippen LogP contribution in [0.2, 0.25) is 0 Å². The summed E-state index contributed by atoms with van der Waals surface area (Å²) in [7, 11) is 0. The van der Waals surface area contributed by atoms with E-state index in [1.165, 1.54) is 6.92 Å². The van der Waals surface area contributed by atoms with Crippen LogP contribution in [0.25, 0.3) is 6.08 Å². The van der Waals surface area contributed by atoms with Crippen LogP contribution >= 0.6 is 0 Å². The van der Waals surface area contributed by atoms with Crippen molar-refractivity contribution < 1.29 is 14.4 Å². The van der Waals surface area contributed by atoms with Gasteiger partial charge in [0.2, 0.25) is 17.7 Å². The van der Waals surface area contributed by atoms with Crippen LogP contribution in [0.1, 0.15) is 43.4 Å². The zero-order chi connectivity index (χ0) is 18.0. The summed E-state index contributed by atoms with van der Waals surface area (Å²) in [5.41, 5.74) is 7.39. The SMILES string of the molecule is CC(=O)N1C=Cc2ccccc2[C@@H]1CC(=O)N1CCC[C@@H](C(N)=O)C1. The van der Waals surface area contributed by atoms with Crippen LogP contribution in [0.3, 0.4) is 0 Å². The zero-order valence-corrected chi connectivity index (χ0v) is 14.4. The Morgan fingerprint density at radius 1 is 1.24 bits per heavy atom. The van der Waals surface area contributed by atoms with E-state index in [1.807, 2.05) is 30.3 Å². The average Bonchev–Trinajstić information content (AvgIpc) is 2.61. The molecule has 6 heteroatoms. The van der Waals surface area contributed by atoms with Gasteiger partial charge in [-0.25, -0.2) is 0 Å². The Balaban J connectivity index is 1.79. The number of rotatable bonds is 3. The number of hydrogen-bond donors (Lipinski definition) is 1. The van der Waals surface area contributed by atoms with Gasteiger partial charge < -0.3 is 15.5 Å². The summed E-state index contributed by atoms with van der Waals surface area (Å²) in [5, 5.41) is 0. The van der Waals surface area contributed by atoms with E-state index in [-0.39, 0.29) is 36.1 Å². The van der Waals surface area contributed by atoms with Crippen molar-refractivity contribution in [1.29, 1.82) is 0 Å². The molecule has 0 unspecified atom stereocenters. The fourth-order valence-electron chi connectivity index (χ4n) is 3.64. The van der Waals surface area contributed by atoms with Gasteiger partial charge in [0.25, 0.3) is 0 Å². The number of hydrogen-bond acceptors (Lipinski definition) is 3. The molecule has 3 amide bonds. The van der Waals surface area contributed by atoms with Gasteiger partial charge in [0.15, 0.2) is 0 Å². The normalized spacial score (nSPS) is 22.4. The lowest BCUT2D eigenvalue weighted by Gasteiger charge is -2.36. The summed E-state index contributed by atoms with van der Waals surface area (Å²) in [6.45, 7) is 2.51. The van der Waals surface area contributed by atoms with Crippen molar-refractivity contribution in [3.05, 3.63) is 41.6 Å². The maximum atomic E-state index is 12.8. The van der Waals surface area contributed by atoms with Crippen molar-refractivity contribution in [1.82, 2.24) is 9.80 Å². The van der Waals surface area contributed by atoms with Gasteiger partial charge in [-0.05, 0) is 30.0 Å². The summed E-state index contributed by atoms with van der Waals surface area (Å²) in [6, 6.07) is 7.46. The molecule has 0 saturated carbocycles. The molecule has 1 saturated heterocycles. The Kier molecular flexibility index (Phi) is 4.88. The third-order valence-corrected chi connectivity index (χ3v) is 5.01. The van der Waals surface area contributed by atoms with Gasteiger partial charge >= 0.3 is 0 Å². The van der Waals surface area contributed by atoms with E-state index >= 15 is 0 Å². The Morgan fingerprint density at radius 2 is 2.00 bits per heavy atom. The second kappa shape index (κ2) is 7.09. The van der Waals surface area contributed by atoms with E-state index in [0.29, 0.717) is 13.1 Å². The molecule has 132 valence electrons. The lowest BCUT2D eigenvalue weighted by atomic mass is 9.92. The molecule has 1 fully saturated rings. The summed E-state index contributed by atoms with van der Waals surface area (Å²) in [5.74, 6) is -0.779. The Hall–Kier alpha value is -2.63. The fraction of sp³-hybridized carbons (Fsp3) is 0.421. The van der Waals surface area contributed by atoms with Crippen LogP contribution in [-0.2, 0) is 14.4 Å². The molecule has 2 aliphatic heterocycles. The number of likely N-dealkylation sites (tertiary alicyclic amines) is 1. The highest BCUT2D eigenvalue weighted by atomic mass is 16.2. The highest BCUT2D eigenvalue weighted by Crippen LogP contribution is 2.33. The first kappa shape index (κ1) is 17.2. The number of carbonyl (C=O) groups is 3. The molecular weight excluding hydrogens is 318 g/mol. The predicted molar refractivity (Wildman–Crippen MR) is 93.9 cm³/mol. The number of piperidine rings is 1. The minimum atomic E-state index is -0.353. The Labute approximate surface area is 147 Å². The second-order valence-electron chi connectivity index (χ2n) is 6.67. The van der Waals surface area contributed by atoms with Crippen molar-refractivity contribution in [2.24, 2.45) is 11.7 Å². The summed E-state index contributed by atoms with van der Waals surface area (Å²) < 4.78 is 0. The molecule has 0 spiro atoms. The molecule has 0 aliphatic carbocycles. The van der Waals surface area contributed by atoms with Gasteiger partial charge in [-0.15, -0.1) is 0 Å². The van der Waals surface area contributed by atoms with E-state index in [9.17, 15) is 14.4 Å². The van der Waals surface area contributed by atoms with E-state index in [2.05, 4.69) is 0 Å². The van der Waals surface area contributed by atoms with Crippen LogP contribution in [0, 0.1) is 5.92 Å². The predicted octanol–water partition coefficient (Wildman–Crippen LogP) is 1.67. The Morgan fingerprint density at radius 3 is 2.72 bits per heavy atom.